The van der Waals surface area contributed by atoms with Crippen LogP contribution in [0.4, 0.5) is 8.78 Å². The number of rotatable bonds is 3. The molecule has 6 heteroatoms. The smallest absolute Gasteiger partial charge is 0.272 e. The Labute approximate surface area is 149 Å². The zero-order chi connectivity index (χ0) is 18.1. The van der Waals surface area contributed by atoms with Gasteiger partial charge in [-0.05, 0) is 67.4 Å². The van der Waals surface area contributed by atoms with Gasteiger partial charge in [-0.1, -0.05) is 0 Å². The highest BCUT2D eigenvalue weighted by Gasteiger charge is 2.25. The number of halogens is 2. The Bertz CT molecular complexity index is 927. The van der Waals surface area contributed by atoms with E-state index >= 15 is 0 Å². The fourth-order valence-electron chi connectivity index (χ4n) is 3.16. The van der Waals surface area contributed by atoms with Gasteiger partial charge in [0.2, 0.25) is 0 Å². The van der Waals surface area contributed by atoms with Crippen molar-refractivity contribution in [1.29, 1.82) is 0 Å². The molecule has 4 rings (SSSR count). The van der Waals surface area contributed by atoms with Crippen LogP contribution in [0, 0.1) is 11.6 Å². The first-order chi connectivity index (χ1) is 12.6. The van der Waals surface area contributed by atoms with Gasteiger partial charge in [-0.15, -0.1) is 0 Å². The Balaban J connectivity index is 1.80. The molecule has 0 N–H and O–H groups in total. The summed E-state index contributed by atoms with van der Waals surface area (Å²) in [4.78, 5) is 14.7. The van der Waals surface area contributed by atoms with Crippen molar-refractivity contribution in [3.8, 4) is 16.9 Å². The van der Waals surface area contributed by atoms with Gasteiger partial charge in [0.1, 0.15) is 17.3 Å². The number of carbonyl (C=O) groups excluding carboxylic acids is 1. The molecular formula is C20H17F2N3O. The molecule has 3 aromatic rings. The summed E-state index contributed by atoms with van der Waals surface area (Å²) in [6, 6.07) is 13.5. The average Bonchev–Trinajstić information content (AvgIpc) is 3.33. The van der Waals surface area contributed by atoms with Crippen LogP contribution >= 0.6 is 0 Å². The number of benzene rings is 2. The molecule has 0 bridgehead atoms. The van der Waals surface area contributed by atoms with E-state index in [9.17, 15) is 13.6 Å². The van der Waals surface area contributed by atoms with Crippen molar-refractivity contribution in [2.45, 2.75) is 12.8 Å². The standard InChI is InChI=1S/C20H17F2N3O/c21-15-5-3-14(4-6-15)18-13-19(20(26)24-11-1-2-12-24)25(23-18)17-9-7-16(22)8-10-17/h3-10,13H,1-2,11-12H2. The molecule has 132 valence electrons. The lowest BCUT2D eigenvalue weighted by atomic mass is 10.1. The lowest BCUT2D eigenvalue weighted by molar-refractivity contribution is 0.0784. The molecule has 1 saturated heterocycles. The second-order valence-corrected chi connectivity index (χ2v) is 6.31. The van der Waals surface area contributed by atoms with Gasteiger partial charge in [-0.25, -0.2) is 13.5 Å². The van der Waals surface area contributed by atoms with E-state index in [1.165, 1.54) is 28.9 Å². The lowest BCUT2D eigenvalue weighted by Crippen LogP contribution is -2.29. The van der Waals surface area contributed by atoms with Crippen LogP contribution in [0.15, 0.2) is 54.6 Å². The summed E-state index contributed by atoms with van der Waals surface area (Å²) in [5.41, 5.74) is 2.29. The van der Waals surface area contributed by atoms with E-state index in [-0.39, 0.29) is 17.5 Å². The van der Waals surface area contributed by atoms with E-state index in [0.29, 0.717) is 22.6 Å². The van der Waals surface area contributed by atoms with Gasteiger partial charge in [0.25, 0.3) is 5.91 Å². The van der Waals surface area contributed by atoms with Crippen molar-refractivity contribution in [2.75, 3.05) is 13.1 Å². The van der Waals surface area contributed by atoms with Crippen LogP contribution in [0.2, 0.25) is 0 Å². The van der Waals surface area contributed by atoms with Gasteiger partial charge in [-0.3, -0.25) is 4.79 Å². The number of carbonyl (C=O) groups is 1. The number of aromatic nitrogens is 2. The predicted molar refractivity (Wildman–Crippen MR) is 94.1 cm³/mol. The van der Waals surface area contributed by atoms with Crippen molar-refractivity contribution in [3.05, 3.63) is 71.9 Å². The quantitative estimate of drug-likeness (QED) is 0.712. The minimum atomic E-state index is -0.355. The van der Waals surface area contributed by atoms with Crippen molar-refractivity contribution in [3.63, 3.8) is 0 Å². The van der Waals surface area contributed by atoms with E-state index in [2.05, 4.69) is 5.10 Å². The summed E-state index contributed by atoms with van der Waals surface area (Å²) < 4.78 is 28.0. The van der Waals surface area contributed by atoms with Crippen molar-refractivity contribution < 1.29 is 13.6 Å². The SMILES string of the molecule is O=C(c1cc(-c2ccc(F)cc2)nn1-c1ccc(F)cc1)N1CCCC1. The largest absolute Gasteiger partial charge is 0.337 e. The van der Waals surface area contributed by atoms with Gasteiger partial charge < -0.3 is 4.90 Å². The molecule has 1 aliphatic heterocycles. The Kier molecular flexibility index (Phi) is 4.24. The highest BCUT2D eigenvalue weighted by Crippen LogP contribution is 2.24. The molecule has 4 nitrogen and oxygen atoms in total. The molecule has 0 radical (unpaired) electrons. The maximum Gasteiger partial charge on any atom is 0.272 e. The van der Waals surface area contributed by atoms with Crippen LogP contribution in [-0.4, -0.2) is 33.7 Å². The highest BCUT2D eigenvalue weighted by atomic mass is 19.1. The number of nitrogens with zero attached hydrogens (tertiary/aromatic N) is 3. The Morgan fingerprint density at radius 3 is 2.08 bits per heavy atom. The average molecular weight is 353 g/mol. The van der Waals surface area contributed by atoms with Crippen LogP contribution in [0.3, 0.4) is 0 Å². The highest BCUT2D eigenvalue weighted by molar-refractivity contribution is 5.94. The summed E-state index contributed by atoms with van der Waals surface area (Å²) in [5, 5.41) is 4.53. The molecule has 1 fully saturated rings. The van der Waals surface area contributed by atoms with Crippen LogP contribution in [0.5, 0.6) is 0 Å². The number of hydrogen-bond donors (Lipinski definition) is 0. The van der Waals surface area contributed by atoms with Gasteiger partial charge in [-0.2, -0.15) is 5.10 Å². The van der Waals surface area contributed by atoms with Gasteiger partial charge in [0.15, 0.2) is 0 Å². The summed E-state index contributed by atoms with van der Waals surface area (Å²) >= 11 is 0. The molecule has 1 aliphatic rings. The Morgan fingerprint density at radius 2 is 1.46 bits per heavy atom. The molecule has 2 aromatic carbocycles. The molecule has 0 aliphatic carbocycles. The van der Waals surface area contributed by atoms with Crippen LogP contribution in [0.1, 0.15) is 23.3 Å². The summed E-state index contributed by atoms with van der Waals surface area (Å²) in [6.45, 7) is 1.44. The third-order valence-electron chi connectivity index (χ3n) is 4.53. The third-order valence-corrected chi connectivity index (χ3v) is 4.53. The first-order valence-corrected chi connectivity index (χ1v) is 8.53. The van der Waals surface area contributed by atoms with Gasteiger partial charge >= 0.3 is 0 Å². The maximum absolute atomic E-state index is 13.3. The molecule has 1 aromatic heterocycles. The zero-order valence-electron chi connectivity index (χ0n) is 14.0. The topological polar surface area (TPSA) is 38.1 Å². The Morgan fingerprint density at radius 1 is 0.885 bits per heavy atom. The number of hydrogen-bond acceptors (Lipinski definition) is 2. The minimum Gasteiger partial charge on any atom is -0.337 e. The number of amides is 1. The Hall–Kier alpha value is -3.02. The fraction of sp³-hybridized carbons (Fsp3) is 0.200. The molecule has 0 spiro atoms. The zero-order valence-corrected chi connectivity index (χ0v) is 14.0. The molecular weight excluding hydrogens is 336 g/mol. The first kappa shape index (κ1) is 16.4. The van der Waals surface area contributed by atoms with Crippen molar-refractivity contribution in [2.24, 2.45) is 0 Å². The van der Waals surface area contributed by atoms with E-state index in [1.54, 1.807) is 35.2 Å². The predicted octanol–water partition coefficient (Wildman–Crippen LogP) is 4.05. The maximum atomic E-state index is 13.3. The normalized spacial score (nSPS) is 14.0. The first-order valence-electron chi connectivity index (χ1n) is 8.53. The molecule has 2 heterocycles. The third kappa shape index (κ3) is 3.10. The van der Waals surface area contributed by atoms with Gasteiger partial charge in [0.05, 0.1) is 11.4 Å². The van der Waals surface area contributed by atoms with Crippen LogP contribution in [-0.2, 0) is 0 Å². The van der Waals surface area contributed by atoms with E-state index in [0.717, 1.165) is 25.9 Å². The molecule has 0 unspecified atom stereocenters. The minimum absolute atomic E-state index is 0.104. The van der Waals surface area contributed by atoms with Crippen molar-refractivity contribution in [1.82, 2.24) is 14.7 Å². The second-order valence-electron chi connectivity index (χ2n) is 6.31. The van der Waals surface area contributed by atoms with Gasteiger partial charge in [0, 0.05) is 18.7 Å². The summed E-state index contributed by atoms with van der Waals surface area (Å²) in [6.07, 6.45) is 1.97. The lowest BCUT2D eigenvalue weighted by Gasteiger charge is -2.16. The van der Waals surface area contributed by atoms with E-state index in [4.69, 9.17) is 0 Å². The van der Waals surface area contributed by atoms with E-state index in [1.807, 2.05) is 0 Å². The van der Waals surface area contributed by atoms with Crippen LogP contribution < -0.4 is 0 Å². The van der Waals surface area contributed by atoms with Crippen molar-refractivity contribution >= 4 is 5.91 Å². The molecule has 1 amide bonds. The second kappa shape index (κ2) is 6.71. The molecule has 0 atom stereocenters. The summed E-state index contributed by atoms with van der Waals surface area (Å²) in [5.74, 6) is -0.792. The fourth-order valence-corrected chi connectivity index (χ4v) is 3.16. The molecule has 0 saturated carbocycles. The molecule has 26 heavy (non-hydrogen) atoms. The summed E-state index contributed by atoms with van der Waals surface area (Å²) in [7, 11) is 0. The number of likely N-dealkylation sites (tertiary alicyclic amines) is 1. The van der Waals surface area contributed by atoms with E-state index < -0.39 is 0 Å². The van der Waals surface area contributed by atoms with Crippen LogP contribution in [0.25, 0.3) is 16.9 Å². The monoisotopic (exact) mass is 353 g/mol.